The fraction of sp³-hybridized carbons (Fsp3) is 0.105. The molecule has 1 aromatic carbocycles. The van der Waals surface area contributed by atoms with E-state index in [1.165, 1.54) is 0 Å². The standard InChI is InChI=1S/C19H16N4OS/c1-12-5-6-13(2)23(12)19-22-16-8-7-14(10-17(16)25-19)18(24)21-15-4-3-9-20-11-15/h3-11H,1-2H3,(H,21,24). The Bertz CT molecular complexity index is 1050. The predicted octanol–water partition coefficient (Wildman–Crippen LogP) is 4.35. The number of benzene rings is 1. The molecule has 0 aliphatic carbocycles. The second-order valence-electron chi connectivity index (χ2n) is 5.83. The third-order valence-corrected chi connectivity index (χ3v) is 5.02. The van der Waals surface area contributed by atoms with Crippen molar-refractivity contribution >= 4 is 33.1 Å². The Morgan fingerprint density at radius 3 is 2.64 bits per heavy atom. The number of anilines is 1. The summed E-state index contributed by atoms with van der Waals surface area (Å²) in [7, 11) is 0. The Kier molecular flexibility index (Phi) is 3.82. The van der Waals surface area contributed by atoms with Gasteiger partial charge in [-0.1, -0.05) is 11.3 Å². The van der Waals surface area contributed by atoms with Gasteiger partial charge < -0.3 is 5.32 Å². The minimum Gasteiger partial charge on any atom is -0.321 e. The maximum Gasteiger partial charge on any atom is 0.255 e. The van der Waals surface area contributed by atoms with Crippen LogP contribution >= 0.6 is 11.3 Å². The number of pyridine rings is 1. The molecule has 0 spiro atoms. The first-order valence-electron chi connectivity index (χ1n) is 7.89. The van der Waals surface area contributed by atoms with E-state index in [4.69, 9.17) is 4.98 Å². The van der Waals surface area contributed by atoms with E-state index in [9.17, 15) is 4.79 Å². The number of amides is 1. The molecular formula is C19H16N4OS. The van der Waals surface area contributed by atoms with Gasteiger partial charge >= 0.3 is 0 Å². The highest BCUT2D eigenvalue weighted by Crippen LogP contribution is 2.28. The quantitative estimate of drug-likeness (QED) is 0.599. The van der Waals surface area contributed by atoms with Crippen LogP contribution in [0.4, 0.5) is 5.69 Å². The summed E-state index contributed by atoms with van der Waals surface area (Å²) in [5.74, 6) is -0.154. The SMILES string of the molecule is Cc1ccc(C)n1-c1nc2ccc(C(=O)Nc3cccnc3)cc2s1. The van der Waals surface area contributed by atoms with Crippen LogP contribution in [0.5, 0.6) is 0 Å². The lowest BCUT2D eigenvalue weighted by Crippen LogP contribution is -2.11. The van der Waals surface area contributed by atoms with Gasteiger partial charge in [0.25, 0.3) is 5.91 Å². The number of hydrogen-bond donors (Lipinski definition) is 1. The lowest BCUT2D eigenvalue weighted by atomic mass is 10.2. The fourth-order valence-electron chi connectivity index (χ4n) is 2.76. The molecule has 4 aromatic rings. The van der Waals surface area contributed by atoms with Gasteiger partial charge in [0.1, 0.15) is 0 Å². The second-order valence-corrected chi connectivity index (χ2v) is 6.84. The van der Waals surface area contributed by atoms with Gasteiger partial charge in [0.2, 0.25) is 0 Å². The smallest absolute Gasteiger partial charge is 0.255 e. The number of nitrogens with one attached hydrogen (secondary N) is 1. The van der Waals surface area contributed by atoms with E-state index in [1.807, 2.05) is 18.2 Å². The largest absolute Gasteiger partial charge is 0.321 e. The summed E-state index contributed by atoms with van der Waals surface area (Å²) in [6.07, 6.45) is 3.30. The molecular weight excluding hydrogens is 332 g/mol. The Balaban J connectivity index is 1.68. The molecule has 0 radical (unpaired) electrons. The van der Waals surface area contributed by atoms with Gasteiger partial charge in [-0.2, -0.15) is 0 Å². The van der Waals surface area contributed by atoms with Crippen LogP contribution in [-0.4, -0.2) is 20.4 Å². The van der Waals surface area contributed by atoms with Crippen LogP contribution in [0.25, 0.3) is 15.3 Å². The zero-order valence-electron chi connectivity index (χ0n) is 13.9. The highest BCUT2D eigenvalue weighted by Gasteiger charge is 2.12. The van der Waals surface area contributed by atoms with Crippen molar-refractivity contribution in [3.05, 3.63) is 71.8 Å². The highest BCUT2D eigenvalue weighted by atomic mass is 32.1. The van der Waals surface area contributed by atoms with E-state index in [2.05, 4.69) is 40.8 Å². The van der Waals surface area contributed by atoms with Gasteiger partial charge in [0.05, 0.1) is 22.1 Å². The molecule has 0 aliphatic heterocycles. The molecule has 0 aliphatic rings. The molecule has 0 bridgehead atoms. The fourth-order valence-corrected chi connectivity index (χ4v) is 3.88. The van der Waals surface area contributed by atoms with Gasteiger partial charge in [-0.15, -0.1) is 0 Å². The summed E-state index contributed by atoms with van der Waals surface area (Å²) < 4.78 is 3.11. The molecule has 3 heterocycles. The van der Waals surface area contributed by atoms with Crippen molar-refractivity contribution in [2.75, 3.05) is 5.32 Å². The molecule has 0 atom stereocenters. The van der Waals surface area contributed by atoms with E-state index in [-0.39, 0.29) is 5.91 Å². The molecule has 124 valence electrons. The first kappa shape index (κ1) is 15.5. The van der Waals surface area contributed by atoms with Gasteiger partial charge in [-0.3, -0.25) is 14.3 Å². The average Bonchev–Trinajstić information content (AvgIpc) is 3.17. The highest BCUT2D eigenvalue weighted by molar-refractivity contribution is 7.20. The minimum absolute atomic E-state index is 0.154. The van der Waals surface area contributed by atoms with Crippen LogP contribution in [0.2, 0.25) is 0 Å². The molecule has 0 saturated heterocycles. The first-order valence-corrected chi connectivity index (χ1v) is 8.71. The summed E-state index contributed by atoms with van der Waals surface area (Å²) in [6.45, 7) is 4.12. The van der Waals surface area contributed by atoms with Gasteiger partial charge in [-0.25, -0.2) is 4.98 Å². The Hall–Kier alpha value is -2.99. The molecule has 5 nitrogen and oxygen atoms in total. The number of fused-ring (bicyclic) bond motifs is 1. The number of nitrogens with zero attached hydrogens (tertiary/aromatic N) is 3. The Morgan fingerprint density at radius 2 is 1.92 bits per heavy atom. The second kappa shape index (κ2) is 6.14. The van der Waals surface area contributed by atoms with E-state index < -0.39 is 0 Å². The molecule has 3 aromatic heterocycles. The summed E-state index contributed by atoms with van der Waals surface area (Å²) >= 11 is 1.58. The van der Waals surface area contributed by atoms with Crippen molar-refractivity contribution in [2.45, 2.75) is 13.8 Å². The van der Waals surface area contributed by atoms with Crippen LogP contribution in [-0.2, 0) is 0 Å². The molecule has 6 heteroatoms. The summed E-state index contributed by atoms with van der Waals surface area (Å²) in [4.78, 5) is 21.1. The number of rotatable bonds is 3. The van der Waals surface area contributed by atoms with Gasteiger partial charge in [-0.05, 0) is 56.3 Å². The van der Waals surface area contributed by atoms with Gasteiger partial charge in [0, 0.05) is 23.1 Å². The lowest BCUT2D eigenvalue weighted by molar-refractivity contribution is 0.102. The van der Waals surface area contributed by atoms with E-state index in [0.717, 1.165) is 26.7 Å². The normalized spacial score (nSPS) is 11.0. The number of thiazole rings is 1. The van der Waals surface area contributed by atoms with E-state index >= 15 is 0 Å². The Labute approximate surface area is 149 Å². The monoisotopic (exact) mass is 348 g/mol. The number of carbonyl (C=O) groups is 1. The van der Waals surface area contributed by atoms with Crippen LogP contribution in [0.15, 0.2) is 54.9 Å². The number of hydrogen-bond acceptors (Lipinski definition) is 4. The number of aromatic nitrogens is 3. The number of carbonyl (C=O) groups excluding carboxylic acids is 1. The summed E-state index contributed by atoms with van der Waals surface area (Å²) in [5.41, 5.74) is 4.46. The topological polar surface area (TPSA) is 59.8 Å². The van der Waals surface area contributed by atoms with Crippen molar-refractivity contribution in [1.29, 1.82) is 0 Å². The lowest BCUT2D eigenvalue weighted by Gasteiger charge is -2.04. The maximum absolute atomic E-state index is 12.4. The summed E-state index contributed by atoms with van der Waals surface area (Å²) in [5, 5.41) is 3.77. The zero-order chi connectivity index (χ0) is 17.4. The van der Waals surface area contributed by atoms with Crippen molar-refractivity contribution < 1.29 is 4.79 Å². The van der Waals surface area contributed by atoms with Crippen LogP contribution < -0.4 is 5.32 Å². The third kappa shape index (κ3) is 2.92. The van der Waals surface area contributed by atoms with Crippen LogP contribution in [0, 0.1) is 13.8 Å². The minimum atomic E-state index is -0.154. The van der Waals surface area contributed by atoms with E-state index in [1.54, 1.807) is 35.9 Å². The predicted molar refractivity (Wildman–Crippen MR) is 101 cm³/mol. The molecule has 25 heavy (non-hydrogen) atoms. The summed E-state index contributed by atoms with van der Waals surface area (Å²) in [6, 6.07) is 13.3. The molecule has 0 saturated carbocycles. The maximum atomic E-state index is 12.4. The van der Waals surface area contributed by atoms with Crippen molar-refractivity contribution in [1.82, 2.24) is 14.5 Å². The molecule has 4 rings (SSSR count). The Morgan fingerprint density at radius 1 is 1.12 bits per heavy atom. The van der Waals surface area contributed by atoms with Gasteiger partial charge in [0.15, 0.2) is 5.13 Å². The third-order valence-electron chi connectivity index (χ3n) is 4.02. The average molecular weight is 348 g/mol. The molecule has 0 fully saturated rings. The number of aryl methyl sites for hydroxylation is 2. The molecule has 0 unspecified atom stereocenters. The zero-order valence-corrected chi connectivity index (χ0v) is 14.7. The van der Waals surface area contributed by atoms with E-state index in [0.29, 0.717) is 11.3 Å². The van der Waals surface area contributed by atoms with Crippen LogP contribution in [0.1, 0.15) is 21.7 Å². The van der Waals surface area contributed by atoms with Crippen LogP contribution in [0.3, 0.4) is 0 Å². The first-order chi connectivity index (χ1) is 12.1. The van der Waals surface area contributed by atoms with Crippen molar-refractivity contribution in [3.8, 4) is 5.13 Å². The van der Waals surface area contributed by atoms with Crippen molar-refractivity contribution in [3.63, 3.8) is 0 Å². The molecule has 1 amide bonds. The molecule has 1 N–H and O–H groups in total. The van der Waals surface area contributed by atoms with Crippen molar-refractivity contribution in [2.24, 2.45) is 0 Å².